The molecule has 0 aromatic heterocycles. The van der Waals surface area contributed by atoms with E-state index in [4.69, 9.17) is 14.2 Å². The van der Waals surface area contributed by atoms with E-state index in [1.165, 1.54) is 25.3 Å². The Morgan fingerprint density at radius 1 is 0.931 bits per heavy atom. The van der Waals surface area contributed by atoms with Gasteiger partial charge >= 0.3 is 5.97 Å². The monoisotopic (exact) mass is 393 g/mol. The van der Waals surface area contributed by atoms with Crippen molar-refractivity contribution < 1.29 is 28.9 Å². The summed E-state index contributed by atoms with van der Waals surface area (Å²) in [6.45, 7) is -0.251. The zero-order valence-corrected chi connectivity index (χ0v) is 15.6. The van der Waals surface area contributed by atoms with Gasteiger partial charge in [-0.05, 0) is 36.4 Å². The van der Waals surface area contributed by atoms with Crippen molar-refractivity contribution in [3.63, 3.8) is 0 Å². The van der Waals surface area contributed by atoms with Gasteiger partial charge in [0.25, 0.3) is 5.91 Å². The number of amides is 1. The Labute approximate surface area is 167 Å². The third-order valence-electron chi connectivity index (χ3n) is 3.88. The van der Waals surface area contributed by atoms with Crippen molar-refractivity contribution in [2.24, 2.45) is 0 Å². The SMILES string of the molecule is COc1ccccc1OCC(=O)Nc1ccc(C(=O)Oc2ccccc2)c(O)c1. The first-order chi connectivity index (χ1) is 14.1. The fourth-order valence-corrected chi connectivity index (χ4v) is 2.51. The van der Waals surface area contributed by atoms with Crippen molar-refractivity contribution in [2.45, 2.75) is 0 Å². The predicted octanol–water partition coefficient (Wildman–Crippen LogP) is 3.64. The molecule has 0 bridgehead atoms. The molecule has 29 heavy (non-hydrogen) atoms. The number of phenols is 1. The normalized spacial score (nSPS) is 10.1. The van der Waals surface area contributed by atoms with Gasteiger partial charge in [-0.3, -0.25) is 4.79 Å². The molecule has 0 radical (unpaired) electrons. The van der Waals surface area contributed by atoms with Crippen molar-refractivity contribution in [1.82, 2.24) is 0 Å². The summed E-state index contributed by atoms with van der Waals surface area (Å²) in [6, 6.07) is 19.6. The van der Waals surface area contributed by atoms with Crippen molar-refractivity contribution in [3.8, 4) is 23.0 Å². The van der Waals surface area contributed by atoms with E-state index in [1.807, 2.05) is 0 Å². The number of methoxy groups -OCH3 is 1. The van der Waals surface area contributed by atoms with E-state index in [2.05, 4.69) is 5.32 Å². The van der Waals surface area contributed by atoms with Crippen LogP contribution >= 0.6 is 0 Å². The average molecular weight is 393 g/mol. The van der Waals surface area contributed by atoms with Crippen LogP contribution < -0.4 is 19.5 Å². The number of aromatic hydroxyl groups is 1. The van der Waals surface area contributed by atoms with Crippen LogP contribution in [0.3, 0.4) is 0 Å². The van der Waals surface area contributed by atoms with Gasteiger partial charge in [0.05, 0.1) is 7.11 Å². The van der Waals surface area contributed by atoms with Crippen LogP contribution in [0.2, 0.25) is 0 Å². The smallest absolute Gasteiger partial charge is 0.347 e. The number of benzene rings is 3. The fourth-order valence-electron chi connectivity index (χ4n) is 2.51. The van der Waals surface area contributed by atoms with E-state index in [0.29, 0.717) is 22.9 Å². The number of ether oxygens (including phenoxy) is 3. The Bertz CT molecular complexity index is 1000. The molecule has 0 saturated carbocycles. The highest BCUT2D eigenvalue weighted by molar-refractivity contribution is 5.96. The van der Waals surface area contributed by atoms with Gasteiger partial charge in [0.2, 0.25) is 0 Å². The number of rotatable bonds is 7. The Balaban J connectivity index is 1.59. The fraction of sp³-hybridized carbons (Fsp3) is 0.0909. The van der Waals surface area contributed by atoms with Gasteiger partial charge in [-0.25, -0.2) is 4.79 Å². The molecule has 7 heteroatoms. The first-order valence-corrected chi connectivity index (χ1v) is 8.72. The third kappa shape index (κ3) is 5.26. The zero-order valence-electron chi connectivity index (χ0n) is 15.6. The number of hydrogen-bond donors (Lipinski definition) is 2. The van der Waals surface area contributed by atoms with Gasteiger partial charge in [-0.2, -0.15) is 0 Å². The molecule has 0 saturated heterocycles. The first-order valence-electron chi connectivity index (χ1n) is 8.72. The second-order valence-electron chi connectivity index (χ2n) is 5.92. The van der Waals surface area contributed by atoms with Gasteiger partial charge in [-0.1, -0.05) is 30.3 Å². The molecule has 3 aromatic rings. The standard InChI is InChI=1S/C22H19NO6/c1-27-19-9-5-6-10-20(19)28-14-21(25)23-15-11-12-17(18(24)13-15)22(26)29-16-7-3-2-4-8-16/h2-13,24H,14H2,1H3,(H,23,25). The van der Waals surface area contributed by atoms with Crippen LogP contribution in [0.15, 0.2) is 72.8 Å². The van der Waals surface area contributed by atoms with Crippen molar-refractivity contribution in [2.75, 3.05) is 19.0 Å². The van der Waals surface area contributed by atoms with Crippen LogP contribution in [0.4, 0.5) is 5.69 Å². The lowest BCUT2D eigenvalue weighted by Gasteiger charge is -2.11. The molecule has 2 N–H and O–H groups in total. The number of carbonyl (C=O) groups excluding carboxylic acids is 2. The molecule has 3 rings (SSSR count). The lowest BCUT2D eigenvalue weighted by atomic mass is 10.2. The van der Waals surface area contributed by atoms with Crippen LogP contribution in [0.1, 0.15) is 10.4 Å². The highest BCUT2D eigenvalue weighted by Gasteiger charge is 2.15. The number of esters is 1. The summed E-state index contributed by atoms with van der Waals surface area (Å²) in [7, 11) is 1.51. The van der Waals surface area contributed by atoms with Crippen molar-refractivity contribution in [1.29, 1.82) is 0 Å². The van der Waals surface area contributed by atoms with Gasteiger partial charge in [0, 0.05) is 11.8 Å². The average Bonchev–Trinajstić information content (AvgIpc) is 2.73. The summed E-state index contributed by atoms with van der Waals surface area (Å²) in [5, 5.41) is 12.7. The summed E-state index contributed by atoms with van der Waals surface area (Å²) < 4.78 is 15.8. The molecule has 3 aromatic carbocycles. The van der Waals surface area contributed by atoms with Crippen molar-refractivity contribution >= 4 is 17.6 Å². The minimum atomic E-state index is -0.703. The van der Waals surface area contributed by atoms with E-state index >= 15 is 0 Å². The van der Waals surface area contributed by atoms with Crippen LogP contribution in [-0.4, -0.2) is 30.7 Å². The Morgan fingerprint density at radius 2 is 1.62 bits per heavy atom. The topological polar surface area (TPSA) is 94.1 Å². The van der Waals surface area contributed by atoms with E-state index in [1.54, 1.807) is 54.6 Å². The minimum absolute atomic E-state index is 0.0166. The number of phenolic OH excluding ortho intramolecular Hbond substituents is 1. The van der Waals surface area contributed by atoms with E-state index in [0.717, 1.165) is 0 Å². The summed E-state index contributed by atoms with van der Waals surface area (Å²) in [4.78, 5) is 24.3. The van der Waals surface area contributed by atoms with Gasteiger partial charge < -0.3 is 24.6 Å². The number of anilines is 1. The molecule has 0 aliphatic rings. The molecule has 1 amide bonds. The van der Waals surface area contributed by atoms with E-state index in [9.17, 15) is 14.7 Å². The number of para-hydroxylation sites is 3. The second kappa shape index (κ2) is 9.27. The van der Waals surface area contributed by atoms with Crippen LogP contribution in [0.25, 0.3) is 0 Å². The van der Waals surface area contributed by atoms with Gasteiger partial charge in [0.1, 0.15) is 17.1 Å². The molecule has 0 aliphatic heterocycles. The lowest BCUT2D eigenvalue weighted by Crippen LogP contribution is -2.20. The molecule has 0 aliphatic carbocycles. The van der Waals surface area contributed by atoms with Crippen molar-refractivity contribution in [3.05, 3.63) is 78.4 Å². The second-order valence-corrected chi connectivity index (χ2v) is 5.92. The van der Waals surface area contributed by atoms with Gasteiger partial charge in [-0.15, -0.1) is 0 Å². The molecular formula is C22H19NO6. The molecule has 0 heterocycles. The molecule has 0 fully saturated rings. The zero-order chi connectivity index (χ0) is 20.6. The molecule has 7 nitrogen and oxygen atoms in total. The number of hydrogen-bond acceptors (Lipinski definition) is 6. The van der Waals surface area contributed by atoms with Gasteiger partial charge in [0.15, 0.2) is 18.1 Å². The Kier molecular flexibility index (Phi) is 6.32. The molecule has 148 valence electrons. The molecular weight excluding hydrogens is 374 g/mol. The number of carbonyl (C=O) groups is 2. The number of nitrogens with one attached hydrogen (secondary N) is 1. The van der Waals surface area contributed by atoms with E-state index in [-0.39, 0.29) is 17.9 Å². The maximum atomic E-state index is 12.2. The lowest BCUT2D eigenvalue weighted by molar-refractivity contribution is -0.118. The summed E-state index contributed by atoms with van der Waals surface area (Å²) in [5.41, 5.74) is 0.296. The highest BCUT2D eigenvalue weighted by Crippen LogP contribution is 2.26. The van der Waals surface area contributed by atoms with Crippen LogP contribution in [0, 0.1) is 0 Å². The summed E-state index contributed by atoms with van der Waals surface area (Å²) >= 11 is 0. The predicted molar refractivity (Wildman–Crippen MR) is 107 cm³/mol. The molecule has 0 spiro atoms. The quantitative estimate of drug-likeness (QED) is 0.470. The molecule has 0 unspecified atom stereocenters. The van der Waals surface area contributed by atoms with E-state index < -0.39 is 11.9 Å². The summed E-state index contributed by atoms with van der Waals surface area (Å²) in [6.07, 6.45) is 0. The first kappa shape index (κ1) is 19.8. The molecule has 0 atom stereocenters. The largest absolute Gasteiger partial charge is 0.507 e. The minimum Gasteiger partial charge on any atom is -0.507 e. The maximum Gasteiger partial charge on any atom is 0.347 e. The highest BCUT2D eigenvalue weighted by atomic mass is 16.5. The summed E-state index contributed by atoms with van der Waals surface area (Å²) in [5.74, 6) is -0.135. The van der Waals surface area contributed by atoms with Crippen LogP contribution in [0.5, 0.6) is 23.0 Å². The third-order valence-corrected chi connectivity index (χ3v) is 3.88. The van der Waals surface area contributed by atoms with Crippen LogP contribution in [-0.2, 0) is 4.79 Å². The maximum absolute atomic E-state index is 12.2. The Morgan fingerprint density at radius 3 is 2.31 bits per heavy atom. The Hall–Kier alpha value is -4.00.